The molecule has 0 saturated carbocycles. The van der Waals surface area contributed by atoms with Crippen molar-refractivity contribution in [3.8, 4) is 0 Å². The molecule has 142 valence electrons. The fraction of sp³-hybridized carbons (Fsp3) is 0.600. The van der Waals surface area contributed by atoms with Gasteiger partial charge in [0.15, 0.2) is 0 Å². The third-order valence-corrected chi connectivity index (χ3v) is 5.38. The highest BCUT2D eigenvalue weighted by molar-refractivity contribution is 5.79. The van der Waals surface area contributed by atoms with Crippen molar-refractivity contribution in [2.75, 3.05) is 33.4 Å². The van der Waals surface area contributed by atoms with Gasteiger partial charge in [-0.25, -0.2) is 4.39 Å². The molecule has 5 nitrogen and oxygen atoms in total. The number of benzene rings is 1. The van der Waals surface area contributed by atoms with Gasteiger partial charge in [-0.1, -0.05) is 26.0 Å². The molecule has 1 aromatic rings. The van der Waals surface area contributed by atoms with E-state index in [1.807, 2.05) is 24.8 Å². The molecule has 0 aliphatic carbocycles. The van der Waals surface area contributed by atoms with Crippen molar-refractivity contribution in [1.29, 1.82) is 0 Å². The zero-order valence-corrected chi connectivity index (χ0v) is 15.7. The Bertz CT molecular complexity index is 679. The summed E-state index contributed by atoms with van der Waals surface area (Å²) in [6.45, 7) is 5.96. The minimum Gasteiger partial charge on any atom is -0.375 e. The van der Waals surface area contributed by atoms with Crippen molar-refractivity contribution < 1.29 is 18.7 Å². The zero-order valence-electron chi connectivity index (χ0n) is 15.7. The number of hydrogen-bond acceptors (Lipinski definition) is 3. The average Bonchev–Trinajstić information content (AvgIpc) is 3.12. The van der Waals surface area contributed by atoms with Crippen molar-refractivity contribution in [2.24, 2.45) is 17.8 Å². The molecule has 2 heterocycles. The van der Waals surface area contributed by atoms with Crippen molar-refractivity contribution in [3.05, 3.63) is 35.6 Å². The Morgan fingerprint density at radius 1 is 1.23 bits per heavy atom. The quantitative estimate of drug-likeness (QED) is 0.809. The highest BCUT2D eigenvalue weighted by Gasteiger charge is 2.49. The molecule has 0 unspecified atom stereocenters. The summed E-state index contributed by atoms with van der Waals surface area (Å²) in [6.07, 6.45) is 0.538. The smallest absolute Gasteiger partial charge is 0.249 e. The van der Waals surface area contributed by atoms with Crippen LogP contribution in [0.3, 0.4) is 0 Å². The van der Waals surface area contributed by atoms with E-state index in [2.05, 4.69) is 0 Å². The van der Waals surface area contributed by atoms with Crippen LogP contribution in [-0.2, 0) is 14.3 Å². The Hall–Kier alpha value is -1.95. The molecule has 2 saturated heterocycles. The molecule has 26 heavy (non-hydrogen) atoms. The standard InChI is InChI=1S/C20H27FN2O3/c1-13(2)7-18(24)22-9-15-10-23(19(25)12-26-3)20(17(15)11-22)14-5-4-6-16(21)8-14/h4-6,8,13,15,17,20H,7,9-12H2,1-3H3/t15-,17-,20+/m1/s1. The largest absolute Gasteiger partial charge is 0.375 e. The third-order valence-electron chi connectivity index (χ3n) is 5.38. The maximum atomic E-state index is 13.8. The summed E-state index contributed by atoms with van der Waals surface area (Å²) in [5, 5.41) is 0. The second-order valence-electron chi connectivity index (χ2n) is 7.80. The van der Waals surface area contributed by atoms with Crippen LogP contribution in [0.2, 0.25) is 0 Å². The van der Waals surface area contributed by atoms with Gasteiger partial charge in [-0.3, -0.25) is 9.59 Å². The van der Waals surface area contributed by atoms with Crippen molar-refractivity contribution >= 4 is 11.8 Å². The first kappa shape index (κ1) is 18.8. The lowest BCUT2D eigenvalue weighted by Gasteiger charge is -2.30. The number of rotatable bonds is 5. The maximum absolute atomic E-state index is 13.8. The van der Waals surface area contributed by atoms with E-state index in [-0.39, 0.29) is 42.1 Å². The Labute approximate surface area is 154 Å². The molecule has 1 aromatic carbocycles. The summed E-state index contributed by atoms with van der Waals surface area (Å²) >= 11 is 0. The van der Waals surface area contributed by atoms with Gasteiger partial charge >= 0.3 is 0 Å². The monoisotopic (exact) mass is 362 g/mol. The van der Waals surface area contributed by atoms with Crippen LogP contribution >= 0.6 is 0 Å². The number of carbonyl (C=O) groups is 2. The summed E-state index contributed by atoms with van der Waals surface area (Å²) in [4.78, 5) is 28.7. The second kappa shape index (κ2) is 7.74. The van der Waals surface area contributed by atoms with E-state index in [0.717, 1.165) is 5.56 Å². The van der Waals surface area contributed by atoms with Gasteiger partial charge in [-0.05, 0) is 23.6 Å². The molecule has 6 heteroatoms. The van der Waals surface area contributed by atoms with Gasteiger partial charge in [0.1, 0.15) is 12.4 Å². The summed E-state index contributed by atoms with van der Waals surface area (Å²) in [6, 6.07) is 6.23. The molecule has 0 spiro atoms. The van der Waals surface area contributed by atoms with Gasteiger partial charge in [0.25, 0.3) is 0 Å². The highest BCUT2D eigenvalue weighted by atomic mass is 19.1. The predicted molar refractivity (Wildman–Crippen MR) is 95.7 cm³/mol. The van der Waals surface area contributed by atoms with Gasteiger partial charge in [-0.15, -0.1) is 0 Å². The van der Waals surface area contributed by atoms with Crippen LogP contribution in [0.15, 0.2) is 24.3 Å². The van der Waals surface area contributed by atoms with Gasteiger partial charge in [-0.2, -0.15) is 0 Å². The zero-order chi connectivity index (χ0) is 18.8. The SMILES string of the molecule is COCC(=O)N1C[C@H]2CN(C(=O)CC(C)C)C[C@H]2[C@@H]1c1cccc(F)c1. The van der Waals surface area contributed by atoms with Crippen LogP contribution in [0.5, 0.6) is 0 Å². The van der Waals surface area contributed by atoms with E-state index < -0.39 is 0 Å². The number of halogens is 1. The van der Waals surface area contributed by atoms with E-state index >= 15 is 0 Å². The summed E-state index contributed by atoms with van der Waals surface area (Å²) in [7, 11) is 1.50. The van der Waals surface area contributed by atoms with Crippen LogP contribution in [0, 0.1) is 23.6 Å². The molecule has 0 N–H and O–H groups in total. The molecule has 0 bridgehead atoms. The van der Waals surface area contributed by atoms with E-state index in [9.17, 15) is 14.0 Å². The van der Waals surface area contributed by atoms with Gasteiger partial charge < -0.3 is 14.5 Å². The number of ether oxygens (including phenoxy) is 1. The lowest BCUT2D eigenvalue weighted by Crippen LogP contribution is -2.39. The number of fused-ring (bicyclic) bond motifs is 1. The Balaban J connectivity index is 1.84. The lowest BCUT2D eigenvalue weighted by molar-refractivity contribution is -0.137. The van der Waals surface area contributed by atoms with E-state index in [0.29, 0.717) is 32.0 Å². The summed E-state index contributed by atoms with van der Waals surface area (Å²) in [5.41, 5.74) is 0.792. The third kappa shape index (κ3) is 3.75. The van der Waals surface area contributed by atoms with E-state index in [4.69, 9.17) is 4.74 Å². The lowest BCUT2D eigenvalue weighted by atomic mass is 9.89. The molecule has 0 aromatic heterocycles. The first-order valence-electron chi connectivity index (χ1n) is 9.22. The number of amides is 2. The first-order chi connectivity index (χ1) is 12.4. The number of nitrogens with zero attached hydrogens (tertiary/aromatic N) is 2. The first-order valence-corrected chi connectivity index (χ1v) is 9.22. The molecular formula is C20H27FN2O3. The molecule has 2 fully saturated rings. The van der Waals surface area contributed by atoms with Gasteiger partial charge in [0.05, 0.1) is 6.04 Å². The van der Waals surface area contributed by atoms with Gasteiger partial charge in [0.2, 0.25) is 11.8 Å². The fourth-order valence-electron chi connectivity index (χ4n) is 4.31. The van der Waals surface area contributed by atoms with Crippen molar-refractivity contribution in [3.63, 3.8) is 0 Å². The normalized spacial score (nSPS) is 25.0. The van der Waals surface area contributed by atoms with Crippen LogP contribution in [0.25, 0.3) is 0 Å². The van der Waals surface area contributed by atoms with Crippen molar-refractivity contribution in [1.82, 2.24) is 9.80 Å². The summed E-state index contributed by atoms with van der Waals surface area (Å²) < 4.78 is 18.8. The van der Waals surface area contributed by atoms with Gasteiger partial charge in [0, 0.05) is 45.0 Å². The number of likely N-dealkylation sites (tertiary alicyclic amines) is 2. The molecule has 3 atom stereocenters. The minimum absolute atomic E-state index is 0.0151. The Morgan fingerprint density at radius 2 is 2.00 bits per heavy atom. The topological polar surface area (TPSA) is 49.9 Å². The van der Waals surface area contributed by atoms with E-state index in [1.54, 1.807) is 11.0 Å². The summed E-state index contributed by atoms with van der Waals surface area (Å²) in [5.74, 6) is 0.449. The van der Waals surface area contributed by atoms with Crippen LogP contribution in [0.4, 0.5) is 4.39 Å². The number of methoxy groups -OCH3 is 1. The minimum atomic E-state index is -0.309. The fourth-order valence-corrected chi connectivity index (χ4v) is 4.31. The highest BCUT2D eigenvalue weighted by Crippen LogP contribution is 2.45. The molecule has 0 radical (unpaired) electrons. The van der Waals surface area contributed by atoms with Crippen LogP contribution in [0.1, 0.15) is 31.9 Å². The van der Waals surface area contributed by atoms with E-state index in [1.165, 1.54) is 19.2 Å². The molecule has 3 rings (SSSR count). The molecule has 2 aliphatic rings. The maximum Gasteiger partial charge on any atom is 0.249 e. The van der Waals surface area contributed by atoms with Crippen molar-refractivity contribution in [2.45, 2.75) is 26.3 Å². The molecule has 2 aliphatic heterocycles. The molecular weight excluding hydrogens is 335 g/mol. The van der Waals surface area contributed by atoms with Crippen LogP contribution < -0.4 is 0 Å². The molecule has 2 amide bonds. The predicted octanol–water partition coefficient (Wildman–Crippen LogP) is 2.48. The number of carbonyl (C=O) groups excluding carboxylic acids is 2. The van der Waals surface area contributed by atoms with Crippen LogP contribution in [-0.4, -0.2) is 55.0 Å². The Morgan fingerprint density at radius 3 is 2.65 bits per heavy atom. The second-order valence-corrected chi connectivity index (χ2v) is 7.80. The average molecular weight is 362 g/mol. The number of hydrogen-bond donors (Lipinski definition) is 0. The Kier molecular flexibility index (Phi) is 5.61.